The van der Waals surface area contributed by atoms with Gasteiger partial charge in [0.25, 0.3) is 0 Å². The molecule has 0 aromatic heterocycles. The van der Waals surface area contributed by atoms with Crippen molar-refractivity contribution in [2.45, 2.75) is 38.0 Å². The van der Waals surface area contributed by atoms with Crippen LogP contribution in [0.3, 0.4) is 0 Å². The molecule has 5 heteroatoms. The van der Waals surface area contributed by atoms with Gasteiger partial charge in [-0.15, -0.1) is 0 Å². The molecule has 0 amide bonds. The van der Waals surface area contributed by atoms with E-state index in [2.05, 4.69) is 0 Å². The molecule has 1 saturated carbocycles. The van der Waals surface area contributed by atoms with Gasteiger partial charge in [0.2, 0.25) is 0 Å². The molecule has 0 saturated heterocycles. The SMILES string of the molecule is C[C@H](CO)CC(=[N-])C1(c2ccc(Cl)cc2)CCC1.[Br-].[Mg+2]. The van der Waals surface area contributed by atoms with Crippen molar-refractivity contribution in [3.63, 3.8) is 0 Å². The Morgan fingerprint density at radius 2 is 1.90 bits per heavy atom. The summed E-state index contributed by atoms with van der Waals surface area (Å²) in [5.41, 5.74) is 1.45. The molecule has 1 fully saturated rings. The maximum absolute atomic E-state index is 10.4. The van der Waals surface area contributed by atoms with Crippen LogP contribution < -0.4 is 17.0 Å². The van der Waals surface area contributed by atoms with Gasteiger partial charge in [-0.3, -0.25) is 0 Å². The Labute approximate surface area is 152 Å². The molecular formula is C15H19BrClMgNO. The predicted molar refractivity (Wildman–Crippen MR) is 82.0 cm³/mol. The Morgan fingerprint density at radius 1 is 1.35 bits per heavy atom. The summed E-state index contributed by atoms with van der Waals surface area (Å²) < 4.78 is 0. The van der Waals surface area contributed by atoms with Crippen LogP contribution in [0, 0.1) is 5.92 Å². The van der Waals surface area contributed by atoms with Crippen LogP contribution in [-0.2, 0) is 5.41 Å². The van der Waals surface area contributed by atoms with E-state index in [0.717, 1.165) is 29.8 Å². The van der Waals surface area contributed by atoms with Crippen molar-refractivity contribution in [1.82, 2.24) is 0 Å². The Bertz CT molecular complexity index is 434. The van der Waals surface area contributed by atoms with E-state index in [1.807, 2.05) is 31.2 Å². The zero-order chi connectivity index (χ0) is 13.2. The molecule has 0 unspecified atom stereocenters. The number of halogens is 2. The maximum atomic E-state index is 10.4. The average Bonchev–Trinajstić information content (AvgIpc) is 2.30. The molecule has 1 aliphatic rings. The van der Waals surface area contributed by atoms with Gasteiger partial charge in [-0.05, 0) is 48.3 Å². The number of rotatable bonds is 5. The molecule has 0 spiro atoms. The summed E-state index contributed by atoms with van der Waals surface area (Å²) >= 11 is 5.91. The van der Waals surface area contributed by atoms with E-state index in [0.29, 0.717) is 12.1 Å². The Hall–Kier alpha value is 0.386. The second-order valence-electron chi connectivity index (χ2n) is 5.38. The third-order valence-electron chi connectivity index (χ3n) is 4.01. The molecule has 1 atom stereocenters. The van der Waals surface area contributed by atoms with Gasteiger partial charge in [0.05, 0.1) is 0 Å². The fraction of sp³-hybridized carbons (Fsp3) is 0.533. The minimum absolute atomic E-state index is 0. The summed E-state index contributed by atoms with van der Waals surface area (Å²) in [5.74, 6) is 0.106. The van der Waals surface area contributed by atoms with Gasteiger partial charge in [0, 0.05) is 11.6 Å². The van der Waals surface area contributed by atoms with Crippen molar-refractivity contribution in [2.24, 2.45) is 5.92 Å². The van der Waals surface area contributed by atoms with Crippen molar-refractivity contribution < 1.29 is 22.1 Å². The van der Waals surface area contributed by atoms with Crippen LogP contribution in [-0.4, -0.2) is 40.5 Å². The van der Waals surface area contributed by atoms with Gasteiger partial charge >= 0.3 is 23.1 Å². The average molecular weight is 369 g/mol. The van der Waals surface area contributed by atoms with Gasteiger partial charge in [-0.2, -0.15) is 5.71 Å². The second-order valence-corrected chi connectivity index (χ2v) is 5.82. The van der Waals surface area contributed by atoms with Gasteiger partial charge in [0.1, 0.15) is 0 Å². The summed E-state index contributed by atoms with van der Waals surface area (Å²) in [6, 6.07) is 7.75. The zero-order valence-electron chi connectivity index (χ0n) is 11.8. The van der Waals surface area contributed by atoms with Crippen LogP contribution in [0.1, 0.15) is 38.2 Å². The van der Waals surface area contributed by atoms with Gasteiger partial charge in [-0.25, -0.2) is 0 Å². The van der Waals surface area contributed by atoms with E-state index >= 15 is 0 Å². The zero-order valence-corrected chi connectivity index (χ0v) is 15.5. The number of hydrogen-bond acceptors (Lipinski definition) is 1. The minimum Gasteiger partial charge on any atom is -1.00 e. The van der Waals surface area contributed by atoms with E-state index in [4.69, 9.17) is 16.7 Å². The summed E-state index contributed by atoms with van der Waals surface area (Å²) in [7, 11) is 0. The first-order valence-corrected chi connectivity index (χ1v) is 6.88. The van der Waals surface area contributed by atoms with Crippen LogP contribution in [0.15, 0.2) is 24.3 Å². The largest absolute Gasteiger partial charge is 2.00 e. The molecule has 0 aliphatic heterocycles. The van der Waals surface area contributed by atoms with Gasteiger partial charge in [-0.1, -0.05) is 37.1 Å². The normalized spacial score (nSPS) is 17.1. The molecule has 2 rings (SSSR count). The Balaban J connectivity index is 0.00000180. The van der Waals surface area contributed by atoms with Gasteiger partial charge < -0.3 is 27.5 Å². The van der Waals surface area contributed by atoms with E-state index in [9.17, 15) is 5.41 Å². The van der Waals surface area contributed by atoms with Crippen molar-refractivity contribution in [3.05, 3.63) is 40.3 Å². The molecule has 0 bridgehead atoms. The van der Waals surface area contributed by atoms with Crippen molar-refractivity contribution in [3.8, 4) is 0 Å². The molecule has 20 heavy (non-hydrogen) atoms. The van der Waals surface area contributed by atoms with E-state index in [-0.39, 0.29) is 58.0 Å². The fourth-order valence-electron chi connectivity index (χ4n) is 2.63. The summed E-state index contributed by atoms with van der Waals surface area (Å²) in [6.07, 6.45) is 3.68. The molecule has 2 nitrogen and oxygen atoms in total. The molecule has 106 valence electrons. The molecule has 1 aromatic carbocycles. The molecule has 1 aliphatic carbocycles. The van der Waals surface area contributed by atoms with Crippen LogP contribution in [0.2, 0.25) is 5.02 Å². The number of aliphatic hydroxyl groups is 1. The van der Waals surface area contributed by atoms with Crippen molar-refractivity contribution >= 4 is 40.4 Å². The van der Waals surface area contributed by atoms with Crippen LogP contribution in [0.5, 0.6) is 0 Å². The third kappa shape index (κ3) is 4.20. The number of nitrogens with zero attached hydrogens (tertiary/aromatic N) is 1. The first-order valence-electron chi connectivity index (χ1n) is 6.50. The van der Waals surface area contributed by atoms with Crippen molar-refractivity contribution in [2.75, 3.05) is 6.61 Å². The summed E-state index contributed by atoms with van der Waals surface area (Å²) in [5, 5.41) is 20.2. The van der Waals surface area contributed by atoms with Crippen molar-refractivity contribution in [1.29, 1.82) is 0 Å². The Kier molecular flexibility index (Phi) is 8.91. The summed E-state index contributed by atoms with van der Waals surface area (Å²) in [4.78, 5) is 0. The smallest absolute Gasteiger partial charge is 1.00 e. The Morgan fingerprint density at radius 3 is 2.30 bits per heavy atom. The molecule has 1 aromatic rings. The first kappa shape index (κ1) is 20.4. The topological polar surface area (TPSA) is 42.5 Å². The van der Waals surface area contributed by atoms with Gasteiger partial charge in [0.15, 0.2) is 0 Å². The fourth-order valence-corrected chi connectivity index (χ4v) is 2.76. The van der Waals surface area contributed by atoms with Crippen LogP contribution >= 0.6 is 11.6 Å². The van der Waals surface area contributed by atoms with Crippen LogP contribution in [0.4, 0.5) is 0 Å². The molecular weight excluding hydrogens is 350 g/mol. The number of hydrogen-bond donors (Lipinski definition) is 1. The van der Waals surface area contributed by atoms with Crippen LogP contribution in [0.25, 0.3) is 5.41 Å². The first-order chi connectivity index (χ1) is 8.58. The molecule has 0 radical (unpaired) electrons. The summed E-state index contributed by atoms with van der Waals surface area (Å²) in [6.45, 7) is 2.06. The minimum atomic E-state index is -0.200. The maximum Gasteiger partial charge on any atom is 2.00 e. The second kappa shape index (κ2) is 8.74. The predicted octanol–water partition coefficient (Wildman–Crippen LogP) is 0.414. The third-order valence-corrected chi connectivity index (χ3v) is 4.26. The number of aliphatic hydroxyl groups excluding tert-OH is 1. The molecule has 0 heterocycles. The quantitative estimate of drug-likeness (QED) is 0.594. The number of benzene rings is 1. The standard InChI is InChI=1S/C15H19ClNO.BrH.Mg/c1-11(10-18)9-14(17)15(7-2-8-15)12-3-5-13(16)6-4-12;;/h3-6,11,18H,2,7-10H2,1H3;1H;/q-1;;+2/p-1/t11-;;/m0../s1. The molecule has 1 N–H and O–H groups in total. The van der Waals surface area contributed by atoms with E-state index < -0.39 is 0 Å². The van der Waals surface area contributed by atoms with E-state index in [1.54, 1.807) is 0 Å². The van der Waals surface area contributed by atoms with E-state index in [1.165, 1.54) is 0 Å². The monoisotopic (exact) mass is 367 g/mol.